The van der Waals surface area contributed by atoms with Gasteiger partial charge in [0.15, 0.2) is 16.7 Å². The van der Waals surface area contributed by atoms with E-state index in [4.69, 9.17) is 9.47 Å². The second-order valence-electron chi connectivity index (χ2n) is 4.01. The minimum Gasteiger partial charge on any atom is -0.493 e. The number of thioether (sulfide) groups is 1. The summed E-state index contributed by atoms with van der Waals surface area (Å²) in [6.45, 7) is 1.82. The molecule has 1 aliphatic heterocycles. The highest BCUT2D eigenvalue weighted by molar-refractivity contribution is 8.15. The zero-order valence-electron chi connectivity index (χ0n) is 11.4. The van der Waals surface area contributed by atoms with Gasteiger partial charge < -0.3 is 14.8 Å². The fourth-order valence-corrected chi connectivity index (χ4v) is 2.34. The highest BCUT2D eigenvalue weighted by atomic mass is 32.2. The van der Waals surface area contributed by atoms with Gasteiger partial charge in [-0.3, -0.25) is 4.79 Å². The number of amides is 1. The molecule has 0 bridgehead atoms. The number of hydrogen-bond donors (Lipinski definition) is 1. The molecule has 7 heteroatoms. The van der Waals surface area contributed by atoms with E-state index in [-0.39, 0.29) is 11.2 Å². The maximum Gasteiger partial charge on any atom is 0.239 e. The number of nitrogens with one attached hydrogen (secondary N) is 1. The van der Waals surface area contributed by atoms with E-state index in [1.807, 2.05) is 13.0 Å². The number of hydrogen-bond acceptors (Lipinski definition) is 6. The molecular formula is C13H15N3O3S. The standard InChI is InChI=1S/C13H15N3O3S/c1-8-12(17)15-13(20-8)16-14-7-9-4-5-10(18-2)11(6-9)19-3/h4-8H,1-3H3,(H,15,16,17). The van der Waals surface area contributed by atoms with Crippen LogP contribution >= 0.6 is 11.8 Å². The summed E-state index contributed by atoms with van der Waals surface area (Å²) < 4.78 is 10.4. The number of nitrogens with zero attached hydrogens (tertiary/aromatic N) is 2. The van der Waals surface area contributed by atoms with Gasteiger partial charge in [-0.05, 0) is 30.7 Å². The minimum atomic E-state index is -0.120. The Morgan fingerprint density at radius 2 is 2.05 bits per heavy atom. The Kier molecular flexibility index (Phi) is 4.62. The van der Waals surface area contributed by atoms with Crippen LogP contribution in [0.3, 0.4) is 0 Å². The smallest absolute Gasteiger partial charge is 0.239 e. The average Bonchev–Trinajstić information content (AvgIpc) is 2.77. The molecule has 1 amide bonds. The summed E-state index contributed by atoms with van der Waals surface area (Å²) in [7, 11) is 3.16. The van der Waals surface area contributed by atoms with Crippen molar-refractivity contribution < 1.29 is 14.3 Å². The van der Waals surface area contributed by atoms with E-state index >= 15 is 0 Å². The van der Waals surface area contributed by atoms with Crippen LogP contribution in [0.25, 0.3) is 0 Å². The van der Waals surface area contributed by atoms with Crippen molar-refractivity contribution in [3.8, 4) is 11.5 Å². The van der Waals surface area contributed by atoms with E-state index in [9.17, 15) is 4.79 Å². The summed E-state index contributed by atoms with van der Waals surface area (Å²) in [5.41, 5.74) is 0.828. The molecule has 1 N–H and O–H groups in total. The van der Waals surface area contributed by atoms with Gasteiger partial charge >= 0.3 is 0 Å². The van der Waals surface area contributed by atoms with Gasteiger partial charge in [0.25, 0.3) is 0 Å². The van der Waals surface area contributed by atoms with Crippen LogP contribution < -0.4 is 14.8 Å². The van der Waals surface area contributed by atoms with E-state index < -0.39 is 0 Å². The molecule has 106 valence electrons. The predicted octanol–water partition coefficient (Wildman–Crippen LogP) is 1.65. The van der Waals surface area contributed by atoms with E-state index in [0.717, 1.165) is 5.56 Å². The van der Waals surface area contributed by atoms with Crippen LogP contribution in [0.4, 0.5) is 0 Å². The monoisotopic (exact) mass is 293 g/mol. The molecule has 0 radical (unpaired) electrons. The third-order valence-corrected chi connectivity index (χ3v) is 3.63. The van der Waals surface area contributed by atoms with Crippen molar-refractivity contribution in [2.75, 3.05) is 14.2 Å². The average molecular weight is 293 g/mol. The molecule has 1 atom stereocenters. The maximum atomic E-state index is 11.3. The molecule has 0 aromatic heterocycles. The van der Waals surface area contributed by atoms with Gasteiger partial charge in [0, 0.05) is 0 Å². The van der Waals surface area contributed by atoms with Crippen molar-refractivity contribution in [1.29, 1.82) is 0 Å². The van der Waals surface area contributed by atoms with Gasteiger partial charge in [-0.1, -0.05) is 11.8 Å². The molecule has 1 unspecified atom stereocenters. The van der Waals surface area contributed by atoms with E-state index in [2.05, 4.69) is 15.5 Å². The molecule has 20 heavy (non-hydrogen) atoms. The van der Waals surface area contributed by atoms with Crippen LogP contribution in [0.15, 0.2) is 28.4 Å². The zero-order valence-corrected chi connectivity index (χ0v) is 12.2. The summed E-state index contributed by atoms with van der Waals surface area (Å²) in [6.07, 6.45) is 1.59. The first-order valence-electron chi connectivity index (χ1n) is 5.94. The second-order valence-corrected chi connectivity index (χ2v) is 5.34. The van der Waals surface area contributed by atoms with E-state index in [1.54, 1.807) is 32.6 Å². The van der Waals surface area contributed by atoms with Crippen LogP contribution in [0.2, 0.25) is 0 Å². The number of carbonyl (C=O) groups is 1. The summed E-state index contributed by atoms with van der Waals surface area (Å²) in [5.74, 6) is 1.24. The summed E-state index contributed by atoms with van der Waals surface area (Å²) in [5, 5.41) is 11.0. The van der Waals surface area contributed by atoms with Gasteiger partial charge in [-0.15, -0.1) is 5.10 Å². The SMILES string of the molecule is COc1ccc(C=N/N=C2\NC(=O)C(C)S2)cc1OC. The van der Waals surface area contributed by atoms with Crippen molar-refractivity contribution in [1.82, 2.24) is 5.32 Å². The molecule has 6 nitrogen and oxygen atoms in total. The number of benzene rings is 1. The topological polar surface area (TPSA) is 72.3 Å². The zero-order chi connectivity index (χ0) is 14.5. The summed E-state index contributed by atoms with van der Waals surface area (Å²) in [6, 6.07) is 5.43. The van der Waals surface area contributed by atoms with Crippen LogP contribution in [0.5, 0.6) is 11.5 Å². The van der Waals surface area contributed by atoms with Gasteiger partial charge in [0.2, 0.25) is 5.91 Å². The Hall–Kier alpha value is -2.02. The molecule has 1 aromatic carbocycles. The van der Waals surface area contributed by atoms with Gasteiger partial charge in [0.05, 0.1) is 25.7 Å². The van der Waals surface area contributed by atoms with Gasteiger partial charge in [0.1, 0.15) is 0 Å². The van der Waals surface area contributed by atoms with Crippen LogP contribution in [-0.4, -0.2) is 36.8 Å². The van der Waals surface area contributed by atoms with Gasteiger partial charge in [-0.25, -0.2) is 0 Å². The van der Waals surface area contributed by atoms with E-state index in [0.29, 0.717) is 16.7 Å². The number of amidine groups is 1. The van der Waals surface area contributed by atoms with Crippen LogP contribution in [0.1, 0.15) is 12.5 Å². The van der Waals surface area contributed by atoms with Crippen LogP contribution in [-0.2, 0) is 4.79 Å². The quantitative estimate of drug-likeness (QED) is 0.676. The largest absolute Gasteiger partial charge is 0.493 e. The molecule has 2 rings (SSSR count). The molecule has 1 aromatic rings. The maximum absolute atomic E-state index is 11.3. The number of methoxy groups -OCH3 is 2. The highest BCUT2D eigenvalue weighted by Crippen LogP contribution is 2.26. The fourth-order valence-electron chi connectivity index (χ4n) is 1.59. The van der Waals surface area contributed by atoms with Crippen molar-refractivity contribution in [3.05, 3.63) is 23.8 Å². The number of rotatable bonds is 4. The van der Waals surface area contributed by atoms with Crippen molar-refractivity contribution in [2.24, 2.45) is 10.2 Å². The molecule has 1 fully saturated rings. The Balaban J connectivity index is 2.08. The molecule has 1 heterocycles. The lowest BCUT2D eigenvalue weighted by atomic mass is 10.2. The van der Waals surface area contributed by atoms with Crippen molar-refractivity contribution >= 4 is 29.1 Å². The lowest BCUT2D eigenvalue weighted by molar-refractivity contribution is -0.118. The molecule has 1 aliphatic rings. The summed E-state index contributed by atoms with van der Waals surface area (Å²) in [4.78, 5) is 11.3. The summed E-state index contributed by atoms with van der Waals surface area (Å²) >= 11 is 1.35. The number of ether oxygens (including phenoxy) is 2. The fraction of sp³-hybridized carbons (Fsp3) is 0.308. The first-order chi connectivity index (χ1) is 9.63. The lowest BCUT2D eigenvalue weighted by Gasteiger charge is -2.07. The highest BCUT2D eigenvalue weighted by Gasteiger charge is 2.25. The Labute approximate surface area is 121 Å². The van der Waals surface area contributed by atoms with E-state index in [1.165, 1.54) is 11.8 Å². The third kappa shape index (κ3) is 3.30. The normalized spacial score (nSPS) is 20.4. The van der Waals surface area contributed by atoms with Crippen molar-refractivity contribution in [3.63, 3.8) is 0 Å². The Morgan fingerprint density at radius 1 is 1.30 bits per heavy atom. The first-order valence-corrected chi connectivity index (χ1v) is 6.82. The number of carbonyl (C=O) groups excluding carboxylic acids is 1. The molecule has 0 saturated carbocycles. The second kappa shape index (κ2) is 6.42. The van der Waals surface area contributed by atoms with Crippen LogP contribution in [0, 0.1) is 0 Å². The molecule has 0 aliphatic carbocycles. The third-order valence-electron chi connectivity index (χ3n) is 2.65. The molecular weight excluding hydrogens is 278 g/mol. The lowest BCUT2D eigenvalue weighted by Crippen LogP contribution is -2.23. The predicted molar refractivity (Wildman–Crippen MR) is 79.8 cm³/mol. The first kappa shape index (κ1) is 14.4. The minimum absolute atomic E-state index is 0.0462. The Bertz CT molecular complexity index is 572. The van der Waals surface area contributed by atoms with Crippen molar-refractivity contribution in [2.45, 2.75) is 12.2 Å². The Morgan fingerprint density at radius 3 is 2.65 bits per heavy atom. The molecule has 1 saturated heterocycles. The molecule has 0 spiro atoms. The van der Waals surface area contributed by atoms with Gasteiger partial charge in [-0.2, -0.15) is 5.10 Å².